The summed E-state index contributed by atoms with van der Waals surface area (Å²) in [4.78, 5) is 4.36. The molecule has 0 radical (unpaired) electrons. The topological polar surface area (TPSA) is 94.4 Å². The van der Waals surface area contributed by atoms with E-state index in [-0.39, 0.29) is 5.75 Å². The van der Waals surface area contributed by atoms with Gasteiger partial charge in [-0.1, -0.05) is 5.16 Å². The normalized spacial score (nSPS) is 17.1. The number of nitrogens with zero attached hydrogens (tertiary/aromatic N) is 2. The third-order valence-electron chi connectivity index (χ3n) is 3.66. The predicted molar refractivity (Wildman–Crippen MR) is 68.3 cm³/mol. The van der Waals surface area contributed by atoms with Crippen molar-refractivity contribution in [2.45, 2.75) is 24.9 Å². The van der Waals surface area contributed by atoms with E-state index in [9.17, 15) is 5.11 Å². The maximum Gasteiger partial charge on any atom is 0.258 e. The van der Waals surface area contributed by atoms with E-state index in [4.69, 9.17) is 15.0 Å². The van der Waals surface area contributed by atoms with E-state index < -0.39 is 5.60 Å². The largest absolute Gasteiger partial charge is 0.506 e. The quantitative estimate of drug-likeness (QED) is 0.648. The lowest BCUT2D eigenvalue weighted by Gasteiger charge is -2.37. The molecule has 3 rings (SSSR count). The van der Waals surface area contributed by atoms with Crippen LogP contribution in [0.15, 0.2) is 22.7 Å². The molecule has 1 aromatic carbocycles. The van der Waals surface area contributed by atoms with Gasteiger partial charge in [-0.3, -0.25) is 0 Å². The van der Waals surface area contributed by atoms with Gasteiger partial charge in [-0.05, 0) is 37.5 Å². The highest BCUT2D eigenvalue weighted by molar-refractivity contribution is 5.63. The van der Waals surface area contributed by atoms with Gasteiger partial charge < -0.3 is 20.1 Å². The first-order valence-electron chi connectivity index (χ1n) is 6.13. The highest BCUT2D eigenvalue weighted by Gasteiger charge is 2.43. The zero-order chi connectivity index (χ0) is 13.5. The lowest BCUT2D eigenvalue weighted by Crippen LogP contribution is -2.37. The number of anilines is 1. The van der Waals surface area contributed by atoms with E-state index in [0.29, 0.717) is 23.0 Å². The second-order valence-corrected chi connectivity index (χ2v) is 4.75. The average molecular weight is 261 g/mol. The Bertz CT molecular complexity index is 599. The van der Waals surface area contributed by atoms with Crippen LogP contribution in [0.5, 0.6) is 5.75 Å². The molecule has 0 saturated heterocycles. The molecule has 0 atom stereocenters. The summed E-state index contributed by atoms with van der Waals surface area (Å²) in [6, 6.07) is 4.84. The van der Waals surface area contributed by atoms with Crippen molar-refractivity contribution in [2.24, 2.45) is 0 Å². The van der Waals surface area contributed by atoms with Crippen LogP contribution in [-0.2, 0) is 10.3 Å². The molecule has 1 aliphatic carbocycles. The Morgan fingerprint density at radius 3 is 2.79 bits per heavy atom. The molecule has 0 unspecified atom stereocenters. The van der Waals surface area contributed by atoms with Crippen LogP contribution >= 0.6 is 0 Å². The number of benzene rings is 1. The SMILES string of the molecule is COC1(c2noc(-c3ccc(N)c(O)c3)n2)CCC1. The lowest BCUT2D eigenvalue weighted by atomic mass is 9.79. The minimum absolute atomic E-state index is 0.00217. The number of phenolic OH excluding ortho intramolecular Hbond substituents is 1. The molecule has 6 nitrogen and oxygen atoms in total. The Kier molecular flexibility index (Phi) is 2.67. The number of methoxy groups -OCH3 is 1. The molecule has 0 aliphatic heterocycles. The van der Waals surface area contributed by atoms with Gasteiger partial charge in [0.25, 0.3) is 5.89 Å². The Morgan fingerprint density at radius 1 is 1.42 bits per heavy atom. The van der Waals surface area contributed by atoms with Gasteiger partial charge in [0.2, 0.25) is 5.82 Å². The zero-order valence-electron chi connectivity index (χ0n) is 10.6. The van der Waals surface area contributed by atoms with Gasteiger partial charge in [0.05, 0.1) is 5.69 Å². The molecule has 19 heavy (non-hydrogen) atoms. The summed E-state index contributed by atoms with van der Waals surface area (Å²) in [6.45, 7) is 0. The molecule has 0 spiro atoms. The first-order chi connectivity index (χ1) is 9.14. The highest BCUT2D eigenvalue weighted by Crippen LogP contribution is 2.43. The fourth-order valence-electron chi connectivity index (χ4n) is 2.22. The first kappa shape index (κ1) is 12.0. The fraction of sp³-hybridized carbons (Fsp3) is 0.385. The molecule has 0 bridgehead atoms. The number of rotatable bonds is 3. The van der Waals surface area contributed by atoms with Gasteiger partial charge in [0, 0.05) is 12.7 Å². The van der Waals surface area contributed by atoms with Crippen LogP contribution in [0, 0.1) is 0 Å². The standard InChI is InChI=1S/C13H15N3O3/c1-18-13(5-2-6-13)12-15-11(19-16-12)8-3-4-9(14)10(17)7-8/h3-4,7,17H,2,5-6,14H2,1H3. The van der Waals surface area contributed by atoms with Crippen molar-refractivity contribution >= 4 is 5.69 Å². The van der Waals surface area contributed by atoms with Crippen LogP contribution in [0.25, 0.3) is 11.5 Å². The number of aromatic hydroxyl groups is 1. The summed E-state index contributed by atoms with van der Waals surface area (Å²) in [5, 5.41) is 13.6. The number of nitrogens with two attached hydrogens (primary N) is 1. The molecular weight excluding hydrogens is 246 g/mol. The number of hydrogen-bond donors (Lipinski definition) is 2. The van der Waals surface area contributed by atoms with Crippen LogP contribution in [-0.4, -0.2) is 22.4 Å². The van der Waals surface area contributed by atoms with Crippen LogP contribution in [0.3, 0.4) is 0 Å². The van der Waals surface area contributed by atoms with E-state index >= 15 is 0 Å². The minimum atomic E-state index is -0.405. The average Bonchev–Trinajstić information content (AvgIpc) is 2.82. The van der Waals surface area contributed by atoms with Crippen molar-refractivity contribution in [3.63, 3.8) is 0 Å². The Morgan fingerprint density at radius 2 is 2.21 bits per heavy atom. The number of aromatic nitrogens is 2. The van der Waals surface area contributed by atoms with Gasteiger partial charge in [0.15, 0.2) is 0 Å². The van der Waals surface area contributed by atoms with Gasteiger partial charge in [-0.25, -0.2) is 0 Å². The molecule has 100 valence electrons. The van der Waals surface area contributed by atoms with E-state index in [1.165, 1.54) is 6.07 Å². The van der Waals surface area contributed by atoms with Gasteiger partial charge in [0.1, 0.15) is 11.4 Å². The van der Waals surface area contributed by atoms with Crippen molar-refractivity contribution in [3.05, 3.63) is 24.0 Å². The fourth-order valence-corrected chi connectivity index (χ4v) is 2.22. The van der Waals surface area contributed by atoms with Crippen LogP contribution in [0.1, 0.15) is 25.1 Å². The van der Waals surface area contributed by atoms with E-state index in [0.717, 1.165) is 19.3 Å². The second kappa shape index (κ2) is 4.24. The van der Waals surface area contributed by atoms with E-state index in [1.54, 1.807) is 19.2 Å². The molecule has 0 amide bonds. The van der Waals surface area contributed by atoms with Gasteiger partial charge in [-0.15, -0.1) is 0 Å². The molecular formula is C13H15N3O3. The molecule has 1 aliphatic rings. The third kappa shape index (κ3) is 1.84. The van der Waals surface area contributed by atoms with Crippen molar-refractivity contribution in [1.82, 2.24) is 10.1 Å². The number of hydrogen-bond acceptors (Lipinski definition) is 6. The molecule has 3 N–H and O–H groups in total. The Balaban J connectivity index is 1.94. The number of phenols is 1. The third-order valence-corrected chi connectivity index (χ3v) is 3.66. The predicted octanol–water partition coefficient (Wildman–Crippen LogP) is 2.05. The van der Waals surface area contributed by atoms with Crippen molar-refractivity contribution < 1.29 is 14.4 Å². The van der Waals surface area contributed by atoms with Gasteiger partial charge in [-0.2, -0.15) is 4.98 Å². The van der Waals surface area contributed by atoms with Gasteiger partial charge >= 0.3 is 0 Å². The maximum absolute atomic E-state index is 9.59. The lowest BCUT2D eigenvalue weighted by molar-refractivity contribution is -0.0858. The minimum Gasteiger partial charge on any atom is -0.506 e. The molecule has 6 heteroatoms. The first-order valence-corrected chi connectivity index (χ1v) is 6.13. The van der Waals surface area contributed by atoms with Crippen molar-refractivity contribution in [3.8, 4) is 17.2 Å². The molecule has 1 fully saturated rings. The van der Waals surface area contributed by atoms with E-state index in [2.05, 4.69) is 10.1 Å². The maximum atomic E-state index is 9.59. The summed E-state index contributed by atoms with van der Waals surface area (Å²) in [7, 11) is 1.66. The summed E-state index contributed by atoms with van der Waals surface area (Å²) < 4.78 is 10.7. The number of nitrogen functional groups attached to an aromatic ring is 1. The zero-order valence-corrected chi connectivity index (χ0v) is 10.6. The Hall–Kier alpha value is -2.08. The van der Waals surface area contributed by atoms with Crippen LogP contribution < -0.4 is 5.73 Å². The molecule has 2 aromatic rings. The number of ether oxygens (including phenoxy) is 1. The summed E-state index contributed by atoms with van der Waals surface area (Å²) in [5.41, 5.74) is 6.10. The monoisotopic (exact) mass is 261 g/mol. The van der Waals surface area contributed by atoms with Crippen LogP contribution in [0.2, 0.25) is 0 Å². The summed E-state index contributed by atoms with van der Waals surface area (Å²) >= 11 is 0. The van der Waals surface area contributed by atoms with Crippen molar-refractivity contribution in [2.75, 3.05) is 12.8 Å². The molecule has 1 heterocycles. The summed E-state index contributed by atoms with van der Waals surface area (Å²) in [6.07, 6.45) is 2.89. The highest BCUT2D eigenvalue weighted by atomic mass is 16.5. The van der Waals surface area contributed by atoms with Crippen molar-refractivity contribution in [1.29, 1.82) is 0 Å². The van der Waals surface area contributed by atoms with E-state index in [1.807, 2.05) is 0 Å². The summed E-state index contributed by atoms with van der Waals surface area (Å²) in [5.74, 6) is 0.920. The Labute approximate surface area is 110 Å². The van der Waals surface area contributed by atoms with Crippen LogP contribution in [0.4, 0.5) is 5.69 Å². The molecule has 1 saturated carbocycles. The smallest absolute Gasteiger partial charge is 0.258 e. The molecule has 1 aromatic heterocycles. The second-order valence-electron chi connectivity index (χ2n) is 4.75.